The van der Waals surface area contributed by atoms with Gasteiger partial charge in [0.05, 0.1) is 0 Å². The van der Waals surface area contributed by atoms with Gasteiger partial charge in [-0.3, -0.25) is 4.79 Å². The topological polar surface area (TPSA) is 41.6 Å². The van der Waals surface area contributed by atoms with E-state index in [0.29, 0.717) is 23.4 Å². The third kappa shape index (κ3) is 3.80. The molecule has 25 heavy (non-hydrogen) atoms. The zero-order chi connectivity index (χ0) is 16.4. The second-order valence-electron chi connectivity index (χ2n) is 6.53. The molecule has 0 aromatic heterocycles. The first-order chi connectivity index (χ1) is 11.8. The van der Waals surface area contributed by atoms with Gasteiger partial charge in [-0.25, -0.2) is 0 Å². The fraction of sp³-hybridized carbons (Fsp3) is 0.350. The summed E-state index contributed by atoms with van der Waals surface area (Å²) in [6.07, 6.45) is 3.27. The van der Waals surface area contributed by atoms with Crippen molar-refractivity contribution < 1.29 is 9.53 Å². The molecule has 2 heterocycles. The van der Waals surface area contributed by atoms with Gasteiger partial charge in [-0.1, -0.05) is 24.3 Å². The molecule has 0 saturated carbocycles. The molecule has 1 amide bonds. The van der Waals surface area contributed by atoms with Crippen LogP contribution in [0.3, 0.4) is 0 Å². The summed E-state index contributed by atoms with van der Waals surface area (Å²) in [7, 11) is 0. The predicted molar refractivity (Wildman–Crippen MR) is 101 cm³/mol. The summed E-state index contributed by atoms with van der Waals surface area (Å²) in [5.41, 5.74) is 0.710. The standard InChI is InChI=1S/C20H22N2O2.ClH/c23-20(22-16-9-10-17(22)14-21-12-11-16)15-5-4-8-19(13-15)24-18-6-2-1-3-7-18;/h1-8,13,16-17,21H,9-12,14H2;1H. The maximum atomic E-state index is 13.1. The van der Waals surface area contributed by atoms with Crippen LogP contribution >= 0.6 is 12.4 Å². The average Bonchev–Trinajstić information content (AvgIpc) is 2.88. The van der Waals surface area contributed by atoms with Crippen LogP contribution in [-0.4, -0.2) is 36.0 Å². The zero-order valence-electron chi connectivity index (χ0n) is 14.1. The number of carbonyl (C=O) groups excluding carboxylic acids is 1. The first-order valence-electron chi connectivity index (χ1n) is 8.67. The van der Waals surface area contributed by atoms with E-state index in [1.165, 1.54) is 0 Å². The van der Waals surface area contributed by atoms with Crippen LogP contribution in [-0.2, 0) is 0 Å². The van der Waals surface area contributed by atoms with Crippen molar-refractivity contribution >= 4 is 18.3 Å². The van der Waals surface area contributed by atoms with E-state index in [1.54, 1.807) is 0 Å². The van der Waals surface area contributed by atoms with E-state index in [9.17, 15) is 4.79 Å². The molecule has 4 nitrogen and oxygen atoms in total. The summed E-state index contributed by atoms with van der Waals surface area (Å²) in [6.45, 7) is 1.91. The number of ether oxygens (including phenoxy) is 1. The van der Waals surface area contributed by atoms with Crippen LogP contribution in [0.2, 0.25) is 0 Å². The molecule has 0 radical (unpaired) electrons. The predicted octanol–water partition coefficient (Wildman–Crippen LogP) is 3.87. The minimum Gasteiger partial charge on any atom is -0.457 e. The van der Waals surface area contributed by atoms with Gasteiger partial charge in [-0.05, 0) is 56.1 Å². The summed E-state index contributed by atoms with van der Waals surface area (Å²) >= 11 is 0. The fourth-order valence-corrected chi connectivity index (χ4v) is 3.78. The van der Waals surface area contributed by atoms with E-state index in [1.807, 2.05) is 54.6 Å². The first-order valence-corrected chi connectivity index (χ1v) is 8.67. The molecule has 2 aliphatic rings. The van der Waals surface area contributed by atoms with Crippen LogP contribution in [0.15, 0.2) is 54.6 Å². The lowest BCUT2D eigenvalue weighted by atomic mass is 10.1. The molecule has 2 unspecified atom stereocenters. The number of nitrogens with one attached hydrogen (secondary N) is 1. The van der Waals surface area contributed by atoms with Crippen molar-refractivity contribution in [1.29, 1.82) is 0 Å². The van der Waals surface area contributed by atoms with Gasteiger partial charge in [-0.2, -0.15) is 0 Å². The smallest absolute Gasteiger partial charge is 0.254 e. The Labute approximate surface area is 154 Å². The molecule has 2 aromatic rings. The quantitative estimate of drug-likeness (QED) is 0.905. The lowest BCUT2D eigenvalue weighted by molar-refractivity contribution is 0.0680. The Hall–Kier alpha value is -2.04. The molecular formula is C20H23ClN2O2. The number of rotatable bonds is 3. The SMILES string of the molecule is Cl.O=C(c1cccc(Oc2ccccc2)c1)N1C2CCNCC1CC2. The number of fused-ring (bicyclic) bond motifs is 2. The normalized spacial score (nSPS) is 22.0. The molecule has 2 bridgehead atoms. The number of benzene rings is 2. The number of nitrogens with zero attached hydrogens (tertiary/aromatic N) is 1. The van der Waals surface area contributed by atoms with Crippen molar-refractivity contribution in [2.45, 2.75) is 31.3 Å². The summed E-state index contributed by atoms with van der Waals surface area (Å²) in [4.78, 5) is 15.2. The Morgan fingerprint density at radius 1 is 0.960 bits per heavy atom. The Kier molecular flexibility index (Phi) is 5.61. The number of para-hydroxylation sites is 1. The van der Waals surface area contributed by atoms with Crippen LogP contribution < -0.4 is 10.1 Å². The molecule has 4 rings (SSSR count). The lowest BCUT2D eigenvalue weighted by Crippen LogP contribution is -2.42. The van der Waals surface area contributed by atoms with Gasteiger partial charge >= 0.3 is 0 Å². The second kappa shape index (κ2) is 7.89. The zero-order valence-corrected chi connectivity index (χ0v) is 14.9. The maximum Gasteiger partial charge on any atom is 0.254 e. The summed E-state index contributed by atoms with van der Waals surface area (Å²) < 4.78 is 5.87. The molecule has 0 spiro atoms. The van der Waals surface area contributed by atoms with Crippen LogP contribution in [0.1, 0.15) is 29.6 Å². The van der Waals surface area contributed by atoms with Crippen molar-refractivity contribution in [1.82, 2.24) is 10.2 Å². The Bertz CT molecular complexity index is 709. The van der Waals surface area contributed by atoms with Gasteiger partial charge in [0, 0.05) is 24.2 Å². The number of hydrogen-bond donors (Lipinski definition) is 1. The molecule has 2 atom stereocenters. The van der Waals surface area contributed by atoms with Gasteiger partial charge in [0.15, 0.2) is 0 Å². The Morgan fingerprint density at radius 2 is 1.72 bits per heavy atom. The molecule has 2 aromatic carbocycles. The number of carbonyl (C=O) groups is 1. The summed E-state index contributed by atoms with van der Waals surface area (Å²) in [5.74, 6) is 1.61. The van der Waals surface area contributed by atoms with E-state index in [-0.39, 0.29) is 18.3 Å². The molecule has 2 saturated heterocycles. The lowest BCUT2D eigenvalue weighted by Gasteiger charge is -2.28. The van der Waals surface area contributed by atoms with E-state index < -0.39 is 0 Å². The van der Waals surface area contributed by atoms with Crippen molar-refractivity contribution in [2.75, 3.05) is 13.1 Å². The van der Waals surface area contributed by atoms with Crippen LogP contribution in [0.5, 0.6) is 11.5 Å². The van der Waals surface area contributed by atoms with Gasteiger partial charge < -0.3 is 15.0 Å². The summed E-state index contributed by atoms with van der Waals surface area (Å²) in [6, 6.07) is 17.9. The Morgan fingerprint density at radius 3 is 2.56 bits per heavy atom. The van der Waals surface area contributed by atoms with Gasteiger partial charge in [-0.15, -0.1) is 12.4 Å². The van der Waals surface area contributed by atoms with Gasteiger partial charge in [0.1, 0.15) is 11.5 Å². The highest BCUT2D eigenvalue weighted by Crippen LogP contribution is 2.30. The van der Waals surface area contributed by atoms with Crippen LogP contribution in [0.25, 0.3) is 0 Å². The molecule has 5 heteroatoms. The van der Waals surface area contributed by atoms with E-state index in [0.717, 1.165) is 38.1 Å². The molecule has 132 valence electrons. The molecule has 2 fully saturated rings. The maximum absolute atomic E-state index is 13.1. The largest absolute Gasteiger partial charge is 0.457 e. The van der Waals surface area contributed by atoms with Crippen LogP contribution in [0.4, 0.5) is 0 Å². The molecule has 1 N–H and O–H groups in total. The third-order valence-electron chi connectivity index (χ3n) is 4.95. The van der Waals surface area contributed by atoms with Crippen molar-refractivity contribution in [3.8, 4) is 11.5 Å². The highest BCUT2D eigenvalue weighted by molar-refractivity contribution is 5.95. The van der Waals surface area contributed by atoms with Crippen LogP contribution in [0, 0.1) is 0 Å². The number of amides is 1. The minimum absolute atomic E-state index is 0. The van der Waals surface area contributed by atoms with Gasteiger partial charge in [0.25, 0.3) is 5.91 Å². The van der Waals surface area contributed by atoms with E-state index in [4.69, 9.17) is 4.74 Å². The number of hydrogen-bond acceptors (Lipinski definition) is 3. The molecule has 2 aliphatic heterocycles. The highest BCUT2D eigenvalue weighted by atomic mass is 35.5. The van der Waals surface area contributed by atoms with E-state index >= 15 is 0 Å². The summed E-state index contributed by atoms with van der Waals surface area (Å²) in [5, 5.41) is 3.44. The minimum atomic E-state index is 0. The number of halogens is 1. The van der Waals surface area contributed by atoms with E-state index in [2.05, 4.69) is 10.2 Å². The third-order valence-corrected chi connectivity index (χ3v) is 4.95. The van der Waals surface area contributed by atoms with Crippen molar-refractivity contribution in [2.24, 2.45) is 0 Å². The first kappa shape index (κ1) is 17.8. The fourth-order valence-electron chi connectivity index (χ4n) is 3.78. The van der Waals surface area contributed by atoms with Crippen molar-refractivity contribution in [3.63, 3.8) is 0 Å². The average molecular weight is 359 g/mol. The molecular weight excluding hydrogens is 336 g/mol. The van der Waals surface area contributed by atoms with Crippen molar-refractivity contribution in [3.05, 3.63) is 60.2 Å². The van der Waals surface area contributed by atoms with Gasteiger partial charge in [0.2, 0.25) is 0 Å². The molecule has 0 aliphatic carbocycles. The monoisotopic (exact) mass is 358 g/mol. The highest BCUT2D eigenvalue weighted by Gasteiger charge is 2.38. The Balaban J connectivity index is 0.00000182. The second-order valence-corrected chi connectivity index (χ2v) is 6.53.